The zero-order valence-electron chi connectivity index (χ0n) is 11.4. The molecule has 2 N–H and O–H groups in total. The molecule has 0 spiro atoms. The van der Waals surface area contributed by atoms with Gasteiger partial charge in [0.25, 0.3) is 0 Å². The van der Waals surface area contributed by atoms with Crippen LogP contribution in [0.25, 0.3) is 0 Å². The summed E-state index contributed by atoms with van der Waals surface area (Å²) in [5.41, 5.74) is 1.04. The zero-order valence-corrected chi connectivity index (χ0v) is 11.4. The fraction of sp³-hybridized carbons (Fsp3) is 0.154. The lowest BCUT2D eigenvalue weighted by Gasteiger charge is -2.09. The van der Waals surface area contributed by atoms with Gasteiger partial charge in [-0.25, -0.2) is 4.98 Å². The Morgan fingerprint density at radius 2 is 2.14 bits per heavy atom. The summed E-state index contributed by atoms with van der Waals surface area (Å²) in [6, 6.07) is 8.61. The molecule has 0 aliphatic carbocycles. The van der Waals surface area contributed by atoms with E-state index in [4.69, 9.17) is 5.26 Å². The van der Waals surface area contributed by atoms with Gasteiger partial charge in [0.15, 0.2) is 0 Å². The first kappa shape index (κ1) is 14.2. The Labute approximate surface area is 120 Å². The van der Waals surface area contributed by atoms with E-state index in [1.165, 1.54) is 6.92 Å². The van der Waals surface area contributed by atoms with Gasteiger partial charge in [-0.2, -0.15) is 10.2 Å². The predicted molar refractivity (Wildman–Crippen MR) is 77.4 cm³/mol. The molecule has 106 valence electrons. The van der Waals surface area contributed by atoms with Gasteiger partial charge in [0.05, 0.1) is 16.6 Å². The SMILES string of the molecule is CNc1nc(C)c([N+](=O)[O-])c(Nc2cccc(C#N)c2)n1. The number of hydrogen-bond donors (Lipinski definition) is 2. The van der Waals surface area contributed by atoms with Crippen molar-refractivity contribution in [2.45, 2.75) is 6.92 Å². The summed E-state index contributed by atoms with van der Waals surface area (Å²) in [4.78, 5) is 18.7. The fourth-order valence-corrected chi connectivity index (χ4v) is 1.79. The van der Waals surface area contributed by atoms with E-state index in [-0.39, 0.29) is 23.1 Å². The topological polar surface area (TPSA) is 117 Å². The summed E-state index contributed by atoms with van der Waals surface area (Å²) in [5, 5.41) is 25.6. The van der Waals surface area contributed by atoms with Crippen LogP contribution >= 0.6 is 0 Å². The summed E-state index contributed by atoms with van der Waals surface area (Å²) in [7, 11) is 1.63. The molecule has 2 aromatic rings. The third-order valence-corrected chi connectivity index (χ3v) is 2.72. The van der Waals surface area contributed by atoms with Gasteiger partial charge in [-0.15, -0.1) is 0 Å². The Hall–Kier alpha value is -3.21. The smallest absolute Gasteiger partial charge is 0.332 e. The average molecular weight is 284 g/mol. The molecular formula is C13H12N6O2. The normalized spacial score (nSPS) is 9.76. The van der Waals surface area contributed by atoms with Gasteiger partial charge in [-0.05, 0) is 25.1 Å². The number of nitrogens with one attached hydrogen (secondary N) is 2. The van der Waals surface area contributed by atoms with Crippen molar-refractivity contribution < 1.29 is 4.92 Å². The van der Waals surface area contributed by atoms with Gasteiger partial charge >= 0.3 is 5.69 Å². The van der Waals surface area contributed by atoms with E-state index in [1.54, 1.807) is 31.3 Å². The van der Waals surface area contributed by atoms with Crippen molar-refractivity contribution in [3.05, 3.63) is 45.6 Å². The minimum absolute atomic E-state index is 0.0759. The zero-order chi connectivity index (χ0) is 15.4. The first-order valence-electron chi connectivity index (χ1n) is 6.03. The molecule has 1 aromatic heterocycles. The summed E-state index contributed by atoms with van der Waals surface area (Å²) >= 11 is 0. The van der Waals surface area contributed by atoms with Crippen molar-refractivity contribution in [3.63, 3.8) is 0 Å². The molecule has 0 aliphatic rings. The number of nitro groups is 1. The molecule has 8 nitrogen and oxygen atoms in total. The second kappa shape index (κ2) is 5.83. The molecule has 0 saturated carbocycles. The number of nitrogens with zero attached hydrogens (tertiary/aromatic N) is 4. The van der Waals surface area contributed by atoms with Crippen molar-refractivity contribution in [1.82, 2.24) is 9.97 Å². The van der Waals surface area contributed by atoms with Crippen molar-refractivity contribution in [2.75, 3.05) is 17.7 Å². The highest BCUT2D eigenvalue weighted by molar-refractivity contribution is 5.68. The fourth-order valence-electron chi connectivity index (χ4n) is 1.79. The summed E-state index contributed by atoms with van der Waals surface area (Å²) in [5.74, 6) is 0.351. The van der Waals surface area contributed by atoms with E-state index in [9.17, 15) is 10.1 Å². The maximum absolute atomic E-state index is 11.2. The highest BCUT2D eigenvalue weighted by atomic mass is 16.6. The lowest BCUT2D eigenvalue weighted by molar-refractivity contribution is -0.385. The quantitative estimate of drug-likeness (QED) is 0.653. The number of benzene rings is 1. The van der Waals surface area contributed by atoms with Crippen molar-refractivity contribution in [3.8, 4) is 6.07 Å². The molecule has 2 rings (SSSR count). The van der Waals surface area contributed by atoms with Crippen LogP contribution in [0.1, 0.15) is 11.3 Å². The van der Waals surface area contributed by atoms with E-state index in [0.29, 0.717) is 11.3 Å². The van der Waals surface area contributed by atoms with Gasteiger partial charge < -0.3 is 10.6 Å². The van der Waals surface area contributed by atoms with Crippen LogP contribution in [0.4, 0.5) is 23.1 Å². The standard InChI is InChI=1S/C13H12N6O2/c1-8-11(19(20)21)12(18-13(15-2)16-8)17-10-5-3-4-9(6-10)7-14/h3-6H,1-2H3,(H2,15,16,17,18). The van der Waals surface area contributed by atoms with Gasteiger partial charge in [0.1, 0.15) is 5.69 Å². The van der Waals surface area contributed by atoms with Crippen molar-refractivity contribution in [1.29, 1.82) is 5.26 Å². The lowest BCUT2D eigenvalue weighted by Crippen LogP contribution is -2.07. The monoisotopic (exact) mass is 284 g/mol. The molecule has 8 heteroatoms. The van der Waals surface area contributed by atoms with Crippen LogP contribution in [-0.4, -0.2) is 21.9 Å². The number of rotatable bonds is 4. The van der Waals surface area contributed by atoms with Crippen LogP contribution in [-0.2, 0) is 0 Å². The number of nitriles is 1. The van der Waals surface area contributed by atoms with E-state index >= 15 is 0 Å². The maximum Gasteiger partial charge on any atom is 0.332 e. The third-order valence-electron chi connectivity index (χ3n) is 2.72. The summed E-state index contributed by atoms with van der Waals surface area (Å²) in [6.45, 7) is 1.54. The lowest BCUT2D eigenvalue weighted by atomic mass is 10.2. The van der Waals surface area contributed by atoms with Gasteiger partial charge in [0.2, 0.25) is 11.8 Å². The second-order valence-electron chi connectivity index (χ2n) is 4.15. The summed E-state index contributed by atoms with van der Waals surface area (Å²) < 4.78 is 0. The molecule has 0 aliphatic heterocycles. The molecule has 0 amide bonds. The third kappa shape index (κ3) is 3.03. The Morgan fingerprint density at radius 3 is 2.76 bits per heavy atom. The molecule has 0 bridgehead atoms. The highest BCUT2D eigenvalue weighted by Gasteiger charge is 2.22. The molecule has 0 radical (unpaired) electrons. The van der Waals surface area contributed by atoms with E-state index in [0.717, 1.165) is 0 Å². The molecule has 0 unspecified atom stereocenters. The van der Waals surface area contributed by atoms with Crippen molar-refractivity contribution >= 4 is 23.1 Å². The number of anilines is 3. The Morgan fingerprint density at radius 1 is 1.38 bits per heavy atom. The molecule has 0 atom stereocenters. The van der Waals surface area contributed by atoms with Gasteiger partial charge in [0, 0.05) is 12.7 Å². The first-order valence-corrected chi connectivity index (χ1v) is 6.03. The van der Waals surface area contributed by atoms with Crippen molar-refractivity contribution in [2.24, 2.45) is 0 Å². The molecule has 0 saturated heterocycles. The Balaban J connectivity index is 2.49. The minimum Gasteiger partial charge on any atom is -0.357 e. The predicted octanol–water partition coefficient (Wildman–Crippen LogP) is 2.35. The largest absolute Gasteiger partial charge is 0.357 e. The molecule has 21 heavy (non-hydrogen) atoms. The van der Waals surface area contributed by atoms with Gasteiger partial charge in [-0.1, -0.05) is 6.07 Å². The molecule has 0 fully saturated rings. The average Bonchev–Trinajstić information content (AvgIpc) is 2.46. The second-order valence-corrected chi connectivity index (χ2v) is 4.15. The number of hydrogen-bond acceptors (Lipinski definition) is 7. The van der Waals surface area contributed by atoms with Crippen LogP contribution in [0, 0.1) is 28.4 Å². The minimum atomic E-state index is -0.536. The number of aromatic nitrogens is 2. The molecular weight excluding hydrogens is 272 g/mol. The number of aryl methyl sites for hydroxylation is 1. The van der Waals surface area contributed by atoms with Crippen LogP contribution in [0.5, 0.6) is 0 Å². The van der Waals surface area contributed by atoms with Crippen LogP contribution in [0.15, 0.2) is 24.3 Å². The summed E-state index contributed by atoms with van der Waals surface area (Å²) in [6.07, 6.45) is 0. The van der Waals surface area contributed by atoms with E-state index < -0.39 is 4.92 Å². The molecule has 1 aromatic carbocycles. The highest BCUT2D eigenvalue weighted by Crippen LogP contribution is 2.29. The first-order chi connectivity index (χ1) is 10.0. The Kier molecular flexibility index (Phi) is 3.95. The van der Waals surface area contributed by atoms with Gasteiger partial charge in [-0.3, -0.25) is 10.1 Å². The van der Waals surface area contributed by atoms with Crippen LogP contribution in [0.2, 0.25) is 0 Å². The molecule has 1 heterocycles. The maximum atomic E-state index is 11.2. The Bertz CT molecular complexity index is 738. The van der Waals surface area contributed by atoms with Crippen LogP contribution in [0.3, 0.4) is 0 Å². The van der Waals surface area contributed by atoms with E-state index in [1.807, 2.05) is 6.07 Å². The van der Waals surface area contributed by atoms with E-state index in [2.05, 4.69) is 20.6 Å². The van der Waals surface area contributed by atoms with Crippen LogP contribution < -0.4 is 10.6 Å².